The van der Waals surface area contributed by atoms with Crippen LogP contribution in [0.1, 0.15) is 11.1 Å². The first-order valence-electron chi connectivity index (χ1n) is 4.70. The molecule has 0 spiro atoms. The van der Waals surface area contributed by atoms with E-state index in [2.05, 4.69) is 36.4 Å². The summed E-state index contributed by atoms with van der Waals surface area (Å²) in [5.74, 6) is 0.547. The fourth-order valence-corrected chi connectivity index (χ4v) is 2.15. The molecule has 0 nitrogen and oxygen atoms in total. The van der Waals surface area contributed by atoms with Gasteiger partial charge in [0.2, 0.25) is 0 Å². The molecule has 0 aromatic heterocycles. The van der Waals surface area contributed by atoms with Crippen LogP contribution < -0.4 is 0 Å². The first-order valence-corrected chi connectivity index (χ1v) is 4.70. The molecule has 1 unspecified atom stereocenters. The SMILES string of the molecule is [C-]1=CC=C2Cc3ccc[c-]c3CC12.[V].[V]. The molecule has 1 atom stereocenters. The van der Waals surface area contributed by atoms with Gasteiger partial charge < -0.3 is 0 Å². The third kappa shape index (κ3) is 2.34. The summed E-state index contributed by atoms with van der Waals surface area (Å²) in [4.78, 5) is 0. The van der Waals surface area contributed by atoms with Crippen LogP contribution in [0, 0.1) is 18.1 Å². The van der Waals surface area contributed by atoms with Crippen molar-refractivity contribution in [1.29, 1.82) is 0 Å². The minimum atomic E-state index is 0. The predicted octanol–water partition coefficient (Wildman–Crippen LogP) is 2.50. The molecule has 0 amide bonds. The molecule has 2 heteroatoms. The Balaban J connectivity index is 0.000000562. The molecule has 0 heterocycles. The molecule has 0 N–H and O–H groups in total. The normalized spacial score (nSPS) is 20.5. The van der Waals surface area contributed by atoms with Gasteiger partial charge in [-0.1, -0.05) is 18.8 Å². The summed E-state index contributed by atoms with van der Waals surface area (Å²) in [7, 11) is 0. The molecule has 0 fully saturated rings. The van der Waals surface area contributed by atoms with Gasteiger partial charge in [0.15, 0.2) is 0 Å². The van der Waals surface area contributed by atoms with E-state index in [1.807, 2.05) is 6.07 Å². The molecule has 0 aliphatic heterocycles. The standard InChI is InChI=1S/C13H10.2V/c1-2-5-11-9-13-7-3-6-12(13)8-10(11)4-1;;/h1-4,6,13H,8-9H2;;/q-2;;. The van der Waals surface area contributed by atoms with Gasteiger partial charge >= 0.3 is 0 Å². The van der Waals surface area contributed by atoms with E-state index >= 15 is 0 Å². The minimum Gasteiger partial charge on any atom is -0.269 e. The number of fused-ring (bicyclic) bond motifs is 2. The van der Waals surface area contributed by atoms with Crippen LogP contribution >= 0.6 is 0 Å². The zero-order valence-electron chi connectivity index (χ0n) is 8.27. The Kier molecular flexibility index (Phi) is 4.55. The van der Waals surface area contributed by atoms with E-state index in [0.717, 1.165) is 12.8 Å². The molecule has 74 valence electrons. The molecule has 2 radical (unpaired) electrons. The molecule has 15 heavy (non-hydrogen) atoms. The second-order valence-corrected chi connectivity index (χ2v) is 3.68. The maximum absolute atomic E-state index is 3.36. The van der Waals surface area contributed by atoms with Gasteiger partial charge in [0.05, 0.1) is 0 Å². The van der Waals surface area contributed by atoms with Crippen LogP contribution in [-0.4, -0.2) is 0 Å². The molecule has 0 saturated heterocycles. The summed E-state index contributed by atoms with van der Waals surface area (Å²) in [5, 5.41) is 0. The molecule has 0 saturated carbocycles. The van der Waals surface area contributed by atoms with Gasteiger partial charge in [0.1, 0.15) is 0 Å². The van der Waals surface area contributed by atoms with Crippen molar-refractivity contribution in [3.63, 3.8) is 0 Å². The van der Waals surface area contributed by atoms with E-state index in [1.54, 1.807) is 0 Å². The Morgan fingerprint density at radius 3 is 3.00 bits per heavy atom. The van der Waals surface area contributed by atoms with Crippen LogP contribution in [0.3, 0.4) is 0 Å². The van der Waals surface area contributed by atoms with Crippen molar-refractivity contribution in [3.8, 4) is 0 Å². The second-order valence-electron chi connectivity index (χ2n) is 3.68. The third-order valence-electron chi connectivity index (χ3n) is 2.88. The van der Waals surface area contributed by atoms with E-state index in [1.165, 1.54) is 16.7 Å². The quantitative estimate of drug-likeness (QED) is 0.634. The number of allylic oxidation sites excluding steroid dienone is 4. The number of benzene rings is 1. The van der Waals surface area contributed by atoms with Gasteiger partial charge in [0, 0.05) is 37.1 Å². The Bertz CT molecular complexity index is 405. The summed E-state index contributed by atoms with van der Waals surface area (Å²) in [6.45, 7) is 0. The average Bonchev–Trinajstić information content (AvgIpc) is 2.61. The fourth-order valence-electron chi connectivity index (χ4n) is 2.15. The predicted molar refractivity (Wildman–Crippen MR) is 52.1 cm³/mol. The van der Waals surface area contributed by atoms with Crippen molar-refractivity contribution in [3.05, 3.63) is 59.2 Å². The first-order chi connectivity index (χ1) is 6.43. The van der Waals surface area contributed by atoms with Gasteiger partial charge in [-0.25, -0.2) is 12.2 Å². The summed E-state index contributed by atoms with van der Waals surface area (Å²) in [6, 6.07) is 9.61. The van der Waals surface area contributed by atoms with Gasteiger partial charge in [-0.3, -0.25) is 6.08 Å². The molecule has 2 aliphatic rings. The number of hydrogen-bond acceptors (Lipinski definition) is 0. The molecular weight excluding hydrogens is 258 g/mol. The molecule has 1 aromatic rings. The van der Waals surface area contributed by atoms with E-state index < -0.39 is 0 Å². The summed E-state index contributed by atoms with van der Waals surface area (Å²) in [5.41, 5.74) is 4.35. The van der Waals surface area contributed by atoms with Crippen LogP contribution in [0.2, 0.25) is 0 Å². The maximum Gasteiger partial charge on any atom is 0 e. The first kappa shape index (κ1) is 12.9. The Hall–Kier alpha value is -0.131. The zero-order chi connectivity index (χ0) is 8.67. The zero-order valence-corrected chi connectivity index (χ0v) is 11.1. The van der Waals surface area contributed by atoms with E-state index in [-0.39, 0.29) is 37.1 Å². The largest absolute Gasteiger partial charge is 0.269 e. The Morgan fingerprint density at radius 1 is 1.27 bits per heavy atom. The minimum absolute atomic E-state index is 0. The van der Waals surface area contributed by atoms with Crippen molar-refractivity contribution < 1.29 is 37.1 Å². The van der Waals surface area contributed by atoms with Gasteiger partial charge in [-0.05, 0) is 0 Å². The smallest absolute Gasteiger partial charge is 0 e. The number of rotatable bonds is 0. The van der Waals surface area contributed by atoms with Crippen molar-refractivity contribution in [2.45, 2.75) is 12.8 Å². The van der Waals surface area contributed by atoms with Crippen LogP contribution in [0.4, 0.5) is 0 Å². The van der Waals surface area contributed by atoms with Gasteiger partial charge in [-0.2, -0.15) is 41.0 Å². The van der Waals surface area contributed by atoms with Crippen molar-refractivity contribution in [1.82, 2.24) is 0 Å². The molecular formula is C13H10V2-2. The summed E-state index contributed by atoms with van der Waals surface area (Å²) in [6.07, 6.45) is 9.83. The van der Waals surface area contributed by atoms with Crippen molar-refractivity contribution in [2.24, 2.45) is 5.92 Å². The van der Waals surface area contributed by atoms with Crippen LogP contribution in [-0.2, 0) is 50.0 Å². The molecule has 3 rings (SSSR count). The monoisotopic (exact) mass is 268 g/mol. The molecule has 1 aromatic carbocycles. The van der Waals surface area contributed by atoms with Gasteiger partial charge in [0.25, 0.3) is 0 Å². The van der Waals surface area contributed by atoms with Crippen molar-refractivity contribution in [2.75, 3.05) is 0 Å². The van der Waals surface area contributed by atoms with Crippen LogP contribution in [0.25, 0.3) is 0 Å². The Morgan fingerprint density at radius 2 is 2.13 bits per heavy atom. The molecule has 0 bridgehead atoms. The topological polar surface area (TPSA) is 0 Å². The Labute approximate surface area is 115 Å². The summed E-state index contributed by atoms with van der Waals surface area (Å²) < 4.78 is 0. The average molecular weight is 268 g/mol. The maximum atomic E-state index is 3.36. The van der Waals surface area contributed by atoms with Crippen LogP contribution in [0.15, 0.2) is 35.9 Å². The van der Waals surface area contributed by atoms with E-state index in [0.29, 0.717) is 5.92 Å². The fraction of sp³-hybridized carbons (Fsp3) is 0.231. The second kappa shape index (κ2) is 5.27. The van der Waals surface area contributed by atoms with E-state index in [4.69, 9.17) is 0 Å². The van der Waals surface area contributed by atoms with E-state index in [9.17, 15) is 0 Å². The molecule has 2 aliphatic carbocycles. The summed E-state index contributed by atoms with van der Waals surface area (Å²) >= 11 is 0. The van der Waals surface area contributed by atoms with Crippen LogP contribution in [0.5, 0.6) is 0 Å². The van der Waals surface area contributed by atoms with Crippen molar-refractivity contribution >= 4 is 0 Å². The third-order valence-corrected chi connectivity index (χ3v) is 2.88. The van der Waals surface area contributed by atoms with Gasteiger partial charge in [-0.15, -0.1) is 0 Å². The number of hydrogen-bond donors (Lipinski definition) is 0.